The summed E-state index contributed by atoms with van der Waals surface area (Å²) in [6.45, 7) is 7.24. The van der Waals surface area contributed by atoms with Crippen molar-refractivity contribution in [2.45, 2.75) is 53.0 Å². The molecule has 1 atom stereocenters. The third-order valence-electron chi connectivity index (χ3n) is 2.18. The lowest BCUT2D eigenvalue weighted by molar-refractivity contribution is -0.148. The van der Waals surface area contributed by atoms with Crippen LogP contribution in [0.3, 0.4) is 0 Å². The van der Waals surface area contributed by atoms with Crippen LogP contribution in [-0.2, 0) is 27.7 Å². The maximum Gasteiger partial charge on any atom is 0.708 e. The molecule has 6 nitrogen and oxygen atoms in total. The van der Waals surface area contributed by atoms with Crippen molar-refractivity contribution < 1.29 is 27.7 Å². The zero-order valence-electron chi connectivity index (χ0n) is 11.4. The lowest BCUT2D eigenvalue weighted by atomic mass is 10.3. The van der Waals surface area contributed by atoms with Gasteiger partial charge in [0.2, 0.25) is 0 Å². The van der Waals surface area contributed by atoms with E-state index < -0.39 is 26.7 Å². The Hall–Kier alpha value is -1.37. The molecule has 0 aliphatic carbocycles. The van der Waals surface area contributed by atoms with Crippen LogP contribution < -0.4 is 0 Å². The first kappa shape index (κ1) is 16.6. The van der Waals surface area contributed by atoms with Crippen LogP contribution in [0, 0.1) is 0 Å². The second-order valence-corrected chi connectivity index (χ2v) is 6.88. The molecule has 0 saturated carbocycles. The fourth-order valence-electron chi connectivity index (χ4n) is 1.58. The topological polar surface area (TPSA) is 78.9 Å². The molecule has 0 heterocycles. The lowest BCUT2D eigenvalue weighted by Crippen LogP contribution is -2.52. The summed E-state index contributed by atoms with van der Waals surface area (Å²) in [5, 5.41) is 0. The predicted octanol–water partition coefficient (Wildman–Crippen LogP) is 1.80. The average Bonchev–Trinajstić information content (AvgIpc) is 2.14. The molecule has 0 radical (unpaired) electrons. The van der Waals surface area contributed by atoms with E-state index >= 15 is 0 Å². The highest BCUT2D eigenvalue weighted by atomic mass is 28.4. The fourth-order valence-corrected chi connectivity index (χ4v) is 4.15. The van der Waals surface area contributed by atoms with Gasteiger partial charge >= 0.3 is 8.80 Å². The summed E-state index contributed by atoms with van der Waals surface area (Å²) >= 11 is 0. The largest absolute Gasteiger partial charge is 0.708 e. The van der Waals surface area contributed by atoms with E-state index in [1.54, 1.807) is 6.92 Å². The summed E-state index contributed by atoms with van der Waals surface area (Å²) in [5.74, 6) is -1.90. The summed E-state index contributed by atoms with van der Waals surface area (Å²) < 4.78 is 15.3. The summed E-state index contributed by atoms with van der Waals surface area (Å²) in [6, 6.07) is 0. The molecule has 0 bridgehead atoms. The molecular formula is C11H20O6Si. The quantitative estimate of drug-likeness (QED) is 0.688. The van der Waals surface area contributed by atoms with Gasteiger partial charge in [-0.1, -0.05) is 20.3 Å². The molecule has 0 rings (SSSR count). The maximum atomic E-state index is 11.2. The van der Waals surface area contributed by atoms with Gasteiger partial charge in [-0.25, -0.2) is 0 Å². The van der Waals surface area contributed by atoms with E-state index in [4.69, 9.17) is 13.3 Å². The number of rotatable bonds is 6. The molecule has 0 aromatic heterocycles. The summed E-state index contributed by atoms with van der Waals surface area (Å²) in [6.07, 6.45) is 1.42. The molecule has 104 valence electrons. The number of hydrogen-bond acceptors (Lipinski definition) is 6. The lowest BCUT2D eigenvalue weighted by Gasteiger charge is -2.30. The minimum absolute atomic E-state index is 0.320. The zero-order chi connectivity index (χ0) is 14.3. The van der Waals surface area contributed by atoms with Crippen molar-refractivity contribution in [3.8, 4) is 0 Å². The van der Waals surface area contributed by atoms with Gasteiger partial charge in [-0.3, -0.25) is 14.4 Å². The van der Waals surface area contributed by atoms with Crippen molar-refractivity contribution in [2.24, 2.45) is 0 Å². The first-order valence-electron chi connectivity index (χ1n) is 5.82. The Bertz CT molecular complexity index is 287. The summed E-state index contributed by atoms with van der Waals surface area (Å²) in [5.41, 5.74) is -0.320. The van der Waals surface area contributed by atoms with Crippen LogP contribution in [0.5, 0.6) is 0 Å². The molecule has 0 amide bonds. The molecule has 0 aromatic carbocycles. The van der Waals surface area contributed by atoms with E-state index in [9.17, 15) is 14.4 Å². The highest BCUT2D eigenvalue weighted by molar-refractivity contribution is 6.67. The predicted molar refractivity (Wildman–Crippen MR) is 65.4 cm³/mol. The van der Waals surface area contributed by atoms with E-state index in [2.05, 4.69) is 0 Å². The Labute approximate surface area is 108 Å². The van der Waals surface area contributed by atoms with Crippen molar-refractivity contribution in [2.75, 3.05) is 0 Å². The number of carbonyl (C=O) groups excluding carboxylic acids is 3. The molecule has 0 aliphatic rings. The first-order chi connectivity index (χ1) is 8.23. The van der Waals surface area contributed by atoms with E-state index in [0.717, 1.165) is 6.42 Å². The molecule has 18 heavy (non-hydrogen) atoms. The number of hydrogen-bond donors (Lipinski definition) is 0. The number of carbonyl (C=O) groups is 3. The van der Waals surface area contributed by atoms with E-state index in [0.29, 0.717) is 6.42 Å². The van der Waals surface area contributed by atoms with Crippen LogP contribution in [-0.4, -0.2) is 26.7 Å². The third kappa shape index (κ3) is 5.31. The smallest absolute Gasteiger partial charge is 0.455 e. The average molecular weight is 276 g/mol. The molecule has 0 aliphatic heterocycles. The monoisotopic (exact) mass is 276 g/mol. The van der Waals surface area contributed by atoms with Gasteiger partial charge in [0.1, 0.15) is 0 Å². The Morgan fingerprint density at radius 2 is 1.28 bits per heavy atom. The van der Waals surface area contributed by atoms with Crippen LogP contribution in [0.4, 0.5) is 0 Å². The third-order valence-corrected chi connectivity index (χ3v) is 5.39. The van der Waals surface area contributed by atoms with Gasteiger partial charge in [0.15, 0.2) is 0 Å². The van der Waals surface area contributed by atoms with Crippen molar-refractivity contribution in [3.05, 3.63) is 0 Å². The van der Waals surface area contributed by atoms with Gasteiger partial charge in [-0.05, 0) is 6.42 Å². The van der Waals surface area contributed by atoms with Gasteiger partial charge < -0.3 is 13.3 Å². The standard InChI is InChI=1S/C11H20O6Si/c1-6-7-8(2)18(15-9(3)12,16-10(4)13)17-11(5)14/h8H,6-7H2,1-5H3. The zero-order valence-corrected chi connectivity index (χ0v) is 12.4. The molecule has 0 fully saturated rings. The highest BCUT2D eigenvalue weighted by Gasteiger charge is 2.56. The molecule has 1 unspecified atom stereocenters. The minimum atomic E-state index is -3.66. The van der Waals surface area contributed by atoms with E-state index in [1.807, 2.05) is 6.92 Å². The van der Waals surface area contributed by atoms with Gasteiger partial charge in [0.25, 0.3) is 17.9 Å². The Morgan fingerprint density at radius 3 is 1.50 bits per heavy atom. The molecule has 0 N–H and O–H groups in total. The summed E-state index contributed by atoms with van der Waals surface area (Å²) in [7, 11) is -3.66. The Kier molecular flexibility index (Phi) is 6.60. The van der Waals surface area contributed by atoms with Crippen molar-refractivity contribution in [1.82, 2.24) is 0 Å². The Balaban J connectivity index is 5.28. The second kappa shape index (κ2) is 7.15. The summed E-state index contributed by atoms with van der Waals surface area (Å²) in [4.78, 5) is 33.5. The van der Waals surface area contributed by atoms with Gasteiger partial charge in [-0.2, -0.15) is 0 Å². The Morgan fingerprint density at radius 1 is 0.944 bits per heavy atom. The van der Waals surface area contributed by atoms with E-state index in [1.165, 1.54) is 20.8 Å². The highest BCUT2D eigenvalue weighted by Crippen LogP contribution is 2.30. The van der Waals surface area contributed by atoms with Crippen LogP contribution in [0.1, 0.15) is 47.5 Å². The van der Waals surface area contributed by atoms with Crippen LogP contribution in [0.25, 0.3) is 0 Å². The molecule has 0 spiro atoms. The first-order valence-corrected chi connectivity index (χ1v) is 7.62. The van der Waals surface area contributed by atoms with Crippen LogP contribution in [0.15, 0.2) is 0 Å². The van der Waals surface area contributed by atoms with Crippen molar-refractivity contribution >= 4 is 26.7 Å². The van der Waals surface area contributed by atoms with Gasteiger partial charge in [-0.15, -0.1) is 0 Å². The van der Waals surface area contributed by atoms with Crippen molar-refractivity contribution in [1.29, 1.82) is 0 Å². The minimum Gasteiger partial charge on any atom is -0.455 e. The molecule has 0 aromatic rings. The van der Waals surface area contributed by atoms with Crippen molar-refractivity contribution in [3.63, 3.8) is 0 Å². The SMILES string of the molecule is CCCC(C)[Si](OC(C)=O)(OC(C)=O)OC(C)=O. The van der Waals surface area contributed by atoms with Gasteiger partial charge in [0, 0.05) is 20.8 Å². The van der Waals surface area contributed by atoms with Crippen LogP contribution in [0.2, 0.25) is 5.54 Å². The normalized spacial score (nSPS) is 12.5. The molecule has 7 heteroatoms. The molecular weight excluding hydrogens is 256 g/mol. The maximum absolute atomic E-state index is 11.2. The van der Waals surface area contributed by atoms with Gasteiger partial charge in [0.05, 0.1) is 5.54 Å². The van der Waals surface area contributed by atoms with E-state index in [-0.39, 0.29) is 5.54 Å². The fraction of sp³-hybridized carbons (Fsp3) is 0.727. The second-order valence-electron chi connectivity index (χ2n) is 4.07. The van der Waals surface area contributed by atoms with Crippen LogP contribution >= 0.6 is 0 Å². The molecule has 0 saturated heterocycles.